The Morgan fingerprint density at radius 2 is 2.06 bits per heavy atom. The van der Waals surface area contributed by atoms with Crippen LogP contribution in [0.4, 0.5) is 0 Å². The van der Waals surface area contributed by atoms with E-state index in [1.807, 2.05) is 13.8 Å². The number of carbonyl (C=O) groups excluding carboxylic acids is 1. The molecule has 0 aliphatic heterocycles. The summed E-state index contributed by atoms with van der Waals surface area (Å²) in [4.78, 5) is 12.0. The summed E-state index contributed by atoms with van der Waals surface area (Å²) in [5, 5.41) is 8.89. The molecule has 3 nitrogen and oxygen atoms in total. The van der Waals surface area contributed by atoms with Crippen LogP contribution in [0.1, 0.15) is 52.4 Å². The van der Waals surface area contributed by atoms with Gasteiger partial charge < -0.3 is 4.74 Å². The molecule has 0 amide bonds. The molecule has 90 valence electrons. The normalized spacial score (nSPS) is 20.8. The molecule has 1 rings (SSSR count). The highest BCUT2D eigenvalue weighted by Gasteiger charge is 2.42. The van der Waals surface area contributed by atoms with Crippen LogP contribution in [0.2, 0.25) is 0 Å². The second-order valence-corrected chi connectivity index (χ2v) is 4.81. The largest absolute Gasteiger partial charge is 0.466 e. The SMILES string of the molecule is CCOC(=O)C(C)(CC#N)C1CCCCC1. The van der Waals surface area contributed by atoms with Gasteiger partial charge in [-0.2, -0.15) is 5.26 Å². The van der Waals surface area contributed by atoms with Gasteiger partial charge in [0, 0.05) is 0 Å². The van der Waals surface area contributed by atoms with Crippen molar-refractivity contribution in [2.45, 2.75) is 52.4 Å². The number of rotatable bonds is 4. The van der Waals surface area contributed by atoms with Gasteiger partial charge in [0.1, 0.15) is 0 Å². The van der Waals surface area contributed by atoms with Crippen LogP contribution in [0, 0.1) is 22.7 Å². The highest BCUT2D eigenvalue weighted by molar-refractivity contribution is 5.77. The summed E-state index contributed by atoms with van der Waals surface area (Å²) in [6, 6.07) is 2.14. The highest BCUT2D eigenvalue weighted by Crippen LogP contribution is 2.41. The zero-order valence-electron chi connectivity index (χ0n) is 10.3. The zero-order chi connectivity index (χ0) is 12.0. The Labute approximate surface area is 97.8 Å². The lowest BCUT2D eigenvalue weighted by Gasteiger charge is -2.36. The van der Waals surface area contributed by atoms with Crippen LogP contribution >= 0.6 is 0 Å². The fraction of sp³-hybridized carbons (Fsp3) is 0.846. The lowest BCUT2D eigenvalue weighted by atomic mass is 9.68. The van der Waals surface area contributed by atoms with Crippen molar-refractivity contribution in [1.82, 2.24) is 0 Å². The van der Waals surface area contributed by atoms with Crippen molar-refractivity contribution in [3.05, 3.63) is 0 Å². The molecule has 0 heterocycles. The van der Waals surface area contributed by atoms with E-state index in [1.54, 1.807) is 0 Å². The monoisotopic (exact) mass is 223 g/mol. The number of nitrogens with zero attached hydrogens (tertiary/aromatic N) is 1. The first-order chi connectivity index (χ1) is 7.65. The Hall–Kier alpha value is -1.04. The Morgan fingerprint density at radius 1 is 1.44 bits per heavy atom. The van der Waals surface area contributed by atoms with Crippen LogP contribution in [0.5, 0.6) is 0 Å². The van der Waals surface area contributed by atoms with Gasteiger partial charge in [-0.3, -0.25) is 4.79 Å². The molecule has 1 saturated carbocycles. The van der Waals surface area contributed by atoms with Gasteiger partial charge in [-0.05, 0) is 32.6 Å². The quantitative estimate of drug-likeness (QED) is 0.688. The molecule has 3 heteroatoms. The molecule has 0 saturated heterocycles. The standard InChI is InChI=1S/C13H21NO2/c1-3-16-12(15)13(2,9-10-14)11-7-5-4-6-8-11/h11H,3-9H2,1-2H3. The summed E-state index contributed by atoms with van der Waals surface area (Å²) in [5.74, 6) is 0.128. The van der Waals surface area contributed by atoms with Gasteiger partial charge in [0.15, 0.2) is 0 Å². The van der Waals surface area contributed by atoms with Gasteiger partial charge in [0.2, 0.25) is 0 Å². The third-order valence-corrected chi connectivity index (χ3v) is 3.69. The van der Waals surface area contributed by atoms with E-state index in [9.17, 15) is 4.79 Å². The summed E-state index contributed by atoms with van der Waals surface area (Å²) in [7, 11) is 0. The van der Waals surface area contributed by atoms with E-state index in [0.717, 1.165) is 12.8 Å². The van der Waals surface area contributed by atoms with Crippen molar-refractivity contribution < 1.29 is 9.53 Å². The first-order valence-electron chi connectivity index (χ1n) is 6.19. The summed E-state index contributed by atoms with van der Waals surface area (Å²) >= 11 is 0. The van der Waals surface area contributed by atoms with Crippen LogP contribution in [-0.2, 0) is 9.53 Å². The van der Waals surface area contributed by atoms with E-state index >= 15 is 0 Å². The fourth-order valence-corrected chi connectivity index (χ4v) is 2.58. The van der Waals surface area contributed by atoms with Gasteiger partial charge in [0.05, 0.1) is 24.5 Å². The average molecular weight is 223 g/mol. The Balaban J connectivity index is 2.77. The Kier molecular flexibility index (Phi) is 4.79. The van der Waals surface area contributed by atoms with Crippen molar-refractivity contribution in [3.8, 4) is 6.07 Å². The molecule has 0 N–H and O–H groups in total. The molecular weight excluding hydrogens is 202 g/mol. The molecule has 1 aliphatic carbocycles. The maximum absolute atomic E-state index is 12.0. The van der Waals surface area contributed by atoms with Gasteiger partial charge in [-0.25, -0.2) is 0 Å². The van der Waals surface area contributed by atoms with E-state index < -0.39 is 5.41 Å². The molecule has 1 fully saturated rings. The Morgan fingerprint density at radius 3 is 2.56 bits per heavy atom. The summed E-state index contributed by atoms with van der Waals surface area (Å²) in [5.41, 5.74) is -0.592. The minimum Gasteiger partial charge on any atom is -0.466 e. The molecule has 16 heavy (non-hydrogen) atoms. The molecule has 0 aromatic rings. The topological polar surface area (TPSA) is 50.1 Å². The third-order valence-electron chi connectivity index (χ3n) is 3.69. The smallest absolute Gasteiger partial charge is 0.313 e. The number of esters is 1. The van der Waals surface area contributed by atoms with E-state index in [4.69, 9.17) is 10.00 Å². The summed E-state index contributed by atoms with van der Waals surface area (Å²) in [6.45, 7) is 4.10. The van der Waals surface area contributed by atoms with Gasteiger partial charge in [-0.15, -0.1) is 0 Å². The summed E-state index contributed by atoms with van der Waals surface area (Å²) in [6.07, 6.45) is 5.97. The number of hydrogen-bond acceptors (Lipinski definition) is 3. The molecule has 0 aromatic carbocycles. The molecule has 0 spiro atoms. The van der Waals surface area contributed by atoms with Crippen molar-refractivity contribution >= 4 is 5.97 Å². The maximum atomic E-state index is 12.0. The highest BCUT2D eigenvalue weighted by atomic mass is 16.5. The Bertz CT molecular complexity index is 276. The maximum Gasteiger partial charge on any atom is 0.313 e. The van der Waals surface area contributed by atoms with Crippen LogP contribution < -0.4 is 0 Å². The molecule has 0 radical (unpaired) electrons. The lowest BCUT2D eigenvalue weighted by molar-refractivity contribution is -0.158. The minimum atomic E-state index is -0.592. The first-order valence-corrected chi connectivity index (χ1v) is 6.19. The molecule has 1 atom stereocenters. The predicted octanol–water partition coefficient (Wildman–Crippen LogP) is 3.05. The first kappa shape index (κ1) is 13.0. The van der Waals surface area contributed by atoms with E-state index in [1.165, 1.54) is 19.3 Å². The molecule has 0 bridgehead atoms. The van der Waals surface area contributed by atoms with Gasteiger partial charge in [-0.1, -0.05) is 19.3 Å². The van der Waals surface area contributed by atoms with Crippen molar-refractivity contribution in [2.75, 3.05) is 6.61 Å². The van der Waals surface area contributed by atoms with Gasteiger partial charge in [0.25, 0.3) is 0 Å². The third kappa shape index (κ3) is 2.75. The predicted molar refractivity (Wildman–Crippen MR) is 61.5 cm³/mol. The van der Waals surface area contributed by atoms with Crippen molar-refractivity contribution in [3.63, 3.8) is 0 Å². The van der Waals surface area contributed by atoms with E-state index in [2.05, 4.69) is 6.07 Å². The van der Waals surface area contributed by atoms with Gasteiger partial charge >= 0.3 is 5.97 Å². The van der Waals surface area contributed by atoms with Crippen LogP contribution in [-0.4, -0.2) is 12.6 Å². The molecule has 0 aromatic heterocycles. The summed E-state index contributed by atoms with van der Waals surface area (Å²) < 4.78 is 5.12. The number of carbonyl (C=O) groups is 1. The van der Waals surface area contributed by atoms with E-state index in [0.29, 0.717) is 12.5 Å². The van der Waals surface area contributed by atoms with Crippen LogP contribution in [0.3, 0.4) is 0 Å². The zero-order valence-corrected chi connectivity index (χ0v) is 10.3. The average Bonchev–Trinajstić information content (AvgIpc) is 2.30. The number of ether oxygens (including phenoxy) is 1. The number of hydrogen-bond donors (Lipinski definition) is 0. The van der Waals surface area contributed by atoms with Crippen molar-refractivity contribution in [2.24, 2.45) is 11.3 Å². The fourth-order valence-electron chi connectivity index (χ4n) is 2.58. The van der Waals surface area contributed by atoms with Crippen molar-refractivity contribution in [1.29, 1.82) is 5.26 Å². The molecule has 1 unspecified atom stereocenters. The molecule has 1 aliphatic rings. The van der Waals surface area contributed by atoms with Crippen LogP contribution in [0.15, 0.2) is 0 Å². The lowest BCUT2D eigenvalue weighted by Crippen LogP contribution is -2.38. The van der Waals surface area contributed by atoms with Crippen LogP contribution in [0.25, 0.3) is 0 Å². The second-order valence-electron chi connectivity index (χ2n) is 4.81. The minimum absolute atomic E-state index is 0.191. The van der Waals surface area contributed by atoms with E-state index in [-0.39, 0.29) is 12.4 Å². The second kappa shape index (κ2) is 5.89. The number of nitriles is 1. The molecular formula is C13H21NO2.